The SMILES string of the molecule is CNc1nc(CSc2cccc(C)c2)nc(C2CC2)c1Br. The van der Waals surface area contributed by atoms with Crippen LogP contribution in [0.5, 0.6) is 0 Å². The average molecular weight is 364 g/mol. The molecule has 3 nitrogen and oxygen atoms in total. The third-order valence-electron chi connectivity index (χ3n) is 3.48. The quantitative estimate of drug-likeness (QED) is 0.777. The van der Waals surface area contributed by atoms with Crippen LogP contribution in [0.3, 0.4) is 0 Å². The lowest BCUT2D eigenvalue weighted by atomic mass is 10.2. The number of anilines is 1. The Morgan fingerprint density at radius 2 is 2.14 bits per heavy atom. The number of thioether (sulfide) groups is 1. The Morgan fingerprint density at radius 3 is 2.81 bits per heavy atom. The maximum atomic E-state index is 4.76. The van der Waals surface area contributed by atoms with Crippen molar-refractivity contribution in [2.75, 3.05) is 12.4 Å². The highest BCUT2D eigenvalue weighted by Gasteiger charge is 2.29. The molecule has 5 heteroatoms. The summed E-state index contributed by atoms with van der Waals surface area (Å²) >= 11 is 5.41. The van der Waals surface area contributed by atoms with Gasteiger partial charge in [0.15, 0.2) is 0 Å². The van der Waals surface area contributed by atoms with Crippen LogP contribution in [0.1, 0.15) is 35.8 Å². The number of halogens is 1. The Morgan fingerprint density at radius 1 is 1.33 bits per heavy atom. The number of nitrogens with one attached hydrogen (secondary N) is 1. The number of hydrogen-bond donors (Lipinski definition) is 1. The molecule has 1 aliphatic carbocycles. The average Bonchev–Trinajstić information content (AvgIpc) is 3.31. The molecule has 3 rings (SSSR count). The van der Waals surface area contributed by atoms with Gasteiger partial charge in [0.25, 0.3) is 0 Å². The van der Waals surface area contributed by atoms with E-state index in [0.717, 1.165) is 27.6 Å². The van der Waals surface area contributed by atoms with Gasteiger partial charge in [0, 0.05) is 17.9 Å². The largest absolute Gasteiger partial charge is 0.372 e. The van der Waals surface area contributed by atoms with E-state index >= 15 is 0 Å². The minimum Gasteiger partial charge on any atom is -0.372 e. The van der Waals surface area contributed by atoms with Gasteiger partial charge in [0.2, 0.25) is 0 Å². The number of aromatic nitrogens is 2. The van der Waals surface area contributed by atoms with Gasteiger partial charge in [0.1, 0.15) is 11.6 Å². The van der Waals surface area contributed by atoms with Crippen LogP contribution in [0.4, 0.5) is 5.82 Å². The Kier molecular flexibility index (Phi) is 4.50. The van der Waals surface area contributed by atoms with Crippen molar-refractivity contribution < 1.29 is 0 Å². The lowest BCUT2D eigenvalue weighted by Crippen LogP contribution is -2.04. The summed E-state index contributed by atoms with van der Waals surface area (Å²) in [6.45, 7) is 2.12. The monoisotopic (exact) mass is 363 g/mol. The van der Waals surface area contributed by atoms with Crippen LogP contribution in [-0.4, -0.2) is 17.0 Å². The van der Waals surface area contributed by atoms with Gasteiger partial charge in [0.05, 0.1) is 15.9 Å². The topological polar surface area (TPSA) is 37.8 Å². The molecule has 1 N–H and O–H groups in total. The number of rotatable bonds is 5. The summed E-state index contributed by atoms with van der Waals surface area (Å²) in [6.07, 6.45) is 2.48. The van der Waals surface area contributed by atoms with Crippen LogP contribution < -0.4 is 5.32 Å². The fraction of sp³-hybridized carbons (Fsp3) is 0.375. The van der Waals surface area contributed by atoms with Crippen LogP contribution in [0, 0.1) is 6.92 Å². The summed E-state index contributed by atoms with van der Waals surface area (Å²) in [6, 6.07) is 8.54. The third kappa shape index (κ3) is 3.58. The Hall–Kier alpha value is -1.07. The Balaban J connectivity index is 1.80. The molecule has 0 aliphatic heterocycles. The molecule has 110 valence electrons. The molecule has 1 aromatic heterocycles. The molecule has 0 bridgehead atoms. The summed E-state index contributed by atoms with van der Waals surface area (Å²) in [4.78, 5) is 10.6. The summed E-state index contributed by atoms with van der Waals surface area (Å²) in [5.74, 6) is 3.20. The molecule has 0 amide bonds. The molecular weight excluding hydrogens is 346 g/mol. The predicted molar refractivity (Wildman–Crippen MR) is 92.0 cm³/mol. The highest BCUT2D eigenvalue weighted by Crippen LogP contribution is 2.44. The first-order chi connectivity index (χ1) is 10.2. The van der Waals surface area contributed by atoms with Crippen LogP contribution in [0.2, 0.25) is 0 Å². The zero-order chi connectivity index (χ0) is 14.8. The molecule has 2 aromatic rings. The van der Waals surface area contributed by atoms with E-state index < -0.39 is 0 Å². The van der Waals surface area contributed by atoms with E-state index in [1.54, 1.807) is 11.8 Å². The fourth-order valence-corrected chi connectivity index (χ4v) is 3.79. The van der Waals surface area contributed by atoms with Crippen LogP contribution in [0.25, 0.3) is 0 Å². The summed E-state index contributed by atoms with van der Waals surface area (Å²) in [5, 5.41) is 3.16. The molecule has 1 heterocycles. The molecule has 0 unspecified atom stereocenters. The van der Waals surface area contributed by atoms with E-state index in [1.165, 1.54) is 23.3 Å². The van der Waals surface area contributed by atoms with Gasteiger partial charge in [-0.25, -0.2) is 9.97 Å². The normalized spacial score (nSPS) is 14.2. The Bertz CT molecular complexity index is 656. The summed E-state index contributed by atoms with van der Waals surface area (Å²) in [5.41, 5.74) is 2.44. The van der Waals surface area contributed by atoms with E-state index in [2.05, 4.69) is 57.4 Å². The van der Waals surface area contributed by atoms with Crippen molar-refractivity contribution in [3.05, 3.63) is 45.8 Å². The second kappa shape index (κ2) is 6.36. The molecular formula is C16H18BrN3S. The first-order valence-electron chi connectivity index (χ1n) is 7.11. The summed E-state index contributed by atoms with van der Waals surface area (Å²) < 4.78 is 1.02. The van der Waals surface area contributed by atoms with Gasteiger partial charge in [-0.2, -0.15) is 0 Å². The first kappa shape index (κ1) is 14.9. The molecule has 1 saturated carbocycles. The molecule has 0 atom stereocenters. The second-order valence-corrected chi connectivity index (χ2v) is 7.16. The van der Waals surface area contributed by atoms with Gasteiger partial charge in [-0.05, 0) is 47.8 Å². The van der Waals surface area contributed by atoms with Crippen LogP contribution >= 0.6 is 27.7 Å². The number of benzene rings is 1. The number of hydrogen-bond acceptors (Lipinski definition) is 4. The lowest BCUT2D eigenvalue weighted by Gasteiger charge is -2.10. The molecule has 0 radical (unpaired) electrons. The fourth-order valence-electron chi connectivity index (χ4n) is 2.22. The van der Waals surface area contributed by atoms with Gasteiger partial charge >= 0.3 is 0 Å². The van der Waals surface area contributed by atoms with E-state index in [9.17, 15) is 0 Å². The van der Waals surface area contributed by atoms with Gasteiger partial charge in [-0.15, -0.1) is 11.8 Å². The molecule has 1 aliphatic rings. The van der Waals surface area contributed by atoms with Crippen molar-refractivity contribution in [2.24, 2.45) is 0 Å². The van der Waals surface area contributed by atoms with Gasteiger partial charge in [-0.1, -0.05) is 17.7 Å². The standard InChI is InChI=1S/C16H18BrN3S/c1-10-4-3-5-12(8-10)21-9-13-19-15(11-6-7-11)14(17)16(18-2)20-13/h3-5,8,11H,6-7,9H2,1-2H3,(H,18,19,20). The number of aryl methyl sites for hydroxylation is 1. The minimum atomic E-state index is 0.609. The van der Waals surface area contributed by atoms with Crippen molar-refractivity contribution in [3.63, 3.8) is 0 Å². The second-order valence-electron chi connectivity index (χ2n) is 5.32. The van der Waals surface area contributed by atoms with E-state index in [1.807, 2.05) is 7.05 Å². The minimum absolute atomic E-state index is 0.609. The molecule has 1 fully saturated rings. The first-order valence-corrected chi connectivity index (χ1v) is 8.88. The predicted octanol–water partition coefficient (Wildman–Crippen LogP) is 4.76. The summed E-state index contributed by atoms with van der Waals surface area (Å²) in [7, 11) is 1.90. The van der Waals surface area contributed by atoms with Gasteiger partial charge in [-0.3, -0.25) is 0 Å². The molecule has 1 aromatic carbocycles. The van der Waals surface area contributed by atoms with E-state index in [-0.39, 0.29) is 0 Å². The molecule has 21 heavy (non-hydrogen) atoms. The zero-order valence-corrected chi connectivity index (χ0v) is 14.6. The Labute approximate surface area is 138 Å². The van der Waals surface area contributed by atoms with Crippen molar-refractivity contribution in [1.29, 1.82) is 0 Å². The van der Waals surface area contributed by atoms with Crippen LogP contribution in [-0.2, 0) is 5.75 Å². The van der Waals surface area contributed by atoms with Gasteiger partial charge < -0.3 is 5.32 Å². The van der Waals surface area contributed by atoms with Crippen molar-refractivity contribution in [3.8, 4) is 0 Å². The van der Waals surface area contributed by atoms with E-state index in [0.29, 0.717) is 5.92 Å². The van der Waals surface area contributed by atoms with E-state index in [4.69, 9.17) is 4.98 Å². The van der Waals surface area contributed by atoms with Crippen molar-refractivity contribution >= 4 is 33.5 Å². The highest BCUT2D eigenvalue weighted by molar-refractivity contribution is 9.10. The smallest absolute Gasteiger partial charge is 0.144 e. The third-order valence-corrected chi connectivity index (χ3v) is 5.25. The lowest BCUT2D eigenvalue weighted by molar-refractivity contribution is 0.922. The maximum Gasteiger partial charge on any atom is 0.144 e. The maximum absolute atomic E-state index is 4.76. The van der Waals surface area contributed by atoms with Crippen LogP contribution in [0.15, 0.2) is 33.6 Å². The molecule has 0 spiro atoms. The number of nitrogens with zero attached hydrogens (tertiary/aromatic N) is 2. The molecule has 0 saturated heterocycles. The van der Waals surface area contributed by atoms with Crippen molar-refractivity contribution in [2.45, 2.75) is 36.3 Å². The van der Waals surface area contributed by atoms with Crippen molar-refractivity contribution in [1.82, 2.24) is 9.97 Å². The highest BCUT2D eigenvalue weighted by atomic mass is 79.9. The zero-order valence-electron chi connectivity index (χ0n) is 12.2.